The van der Waals surface area contributed by atoms with Crippen LogP contribution >= 0.6 is 0 Å². The maximum Gasteiger partial charge on any atom is 0.372 e. The van der Waals surface area contributed by atoms with Gasteiger partial charge in [0.15, 0.2) is 0 Å². The van der Waals surface area contributed by atoms with Gasteiger partial charge in [0.2, 0.25) is 11.7 Å². The smallest absolute Gasteiger partial charge is 0.372 e. The zero-order valence-corrected chi connectivity index (χ0v) is 10.6. The summed E-state index contributed by atoms with van der Waals surface area (Å²) in [7, 11) is 0. The number of ether oxygens (including phenoxy) is 1. The second-order valence-electron chi connectivity index (χ2n) is 4.53. The fourth-order valence-electron chi connectivity index (χ4n) is 2.11. The number of furan rings is 1. The Labute approximate surface area is 110 Å². The Morgan fingerprint density at radius 2 is 2.32 bits per heavy atom. The van der Waals surface area contributed by atoms with Crippen molar-refractivity contribution in [1.29, 1.82) is 0 Å². The zero-order valence-electron chi connectivity index (χ0n) is 10.6. The quantitative estimate of drug-likeness (QED) is 0.816. The van der Waals surface area contributed by atoms with E-state index in [-0.39, 0.29) is 24.3 Å². The molecule has 1 aromatic heterocycles. The third-order valence-electron chi connectivity index (χ3n) is 3.13. The number of hydrogen-bond acceptors (Lipinski definition) is 4. The highest BCUT2D eigenvalue weighted by molar-refractivity contribution is 5.86. The van der Waals surface area contributed by atoms with Crippen LogP contribution in [0.25, 0.3) is 0 Å². The molecule has 104 valence electrons. The Kier molecular flexibility index (Phi) is 4.57. The molecule has 0 aliphatic carbocycles. The number of hydrogen-bond donors (Lipinski definition) is 2. The van der Waals surface area contributed by atoms with E-state index in [0.29, 0.717) is 18.4 Å². The molecule has 19 heavy (non-hydrogen) atoms. The second-order valence-corrected chi connectivity index (χ2v) is 4.53. The van der Waals surface area contributed by atoms with Crippen molar-refractivity contribution < 1.29 is 23.8 Å². The van der Waals surface area contributed by atoms with Crippen LogP contribution in [-0.4, -0.2) is 29.7 Å². The Bertz CT molecular complexity index is 448. The van der Waals surface area contributed by atoms with Gasteiger partial charge in [-0.25, -0.2) is 4.79 Å². The molecule has 0 radical (unpaired) electrons. The van der Waals surface area contributed by atoms with Gasteiger partial charge in [0.25, 0.3) is 0 Å². The van der Waals surface area contributed by atoms with Gasteiger partial charge < -0.3 is 19.6 Å². The standard InChI is InChI=1S/C13H17NO5/c15-11(4-3-10-2-1-6-18-10)14-8-9-5-7-19-12(9)13(16)17/h5,7,10H,1-4,6,8H2,(H,14,15)(H,16,17). The lowest BCUT2D eigenvalue weighted by atomic mass is 10.1. The first-order chi connectivity index (χ1) is 9.16. The third-order valence-corrected chi connectivity index (χ3v) is 3.13. The summed E-state index contributed by atoms with van der Waals surface area (Å²) in [6, 6.07) is 1.55. The van der Waals surface area contributed by atoms with Crippen molar-refractivity contribution in [3.05, 3.63) is 23.7 Å². The summed E-state index contributed by atoms with van der Waals surface area (Å²) in [5.74, 6) is -1.36. The topological polar surface area (TPSA) is 88.8 Å². The molecule has 1 saturated heterocycles. The first kappa shape index (κ1) is 13.6. The van der Waals surface area contributed by atoms with Gasteiger partial charge >= 0.3 is 5.97 Å². The van der Waals surface area contributed by atoms with Gasteiger partial charge in [-0.05, 0) is 25.3 Å². The van der Waals surface area contributed by atoms with E-state index in [4.69, 9.17) is 14.3 Å². The molecule has 0 aromatic carbocycles. The number of carbonyl (C=O) groups excluding carboxylic acids is 1. The van der Waals surface area contributed by atoms with Crippen molar-refractivity contribution in [2.75, 3.05) is 6.61 Å². The van der Waals surface area contributed by atoms with E-state index in [1.807, 2.05) is 0 Å². The SMILES string of the molecule is O=C(CCC1CCCO1)NCc1ccoc1C(=O)O. The number of aromatic carboxylic acids is 1. The Hall–Kier alpha value is -1.82. The minimum atomic E-state index is -1.13. The molecule has 1 aliphatic rings. The Morgan fingerprint density at radius 3 is 3.00 bits per heavy atom. The van der Waals surface area contributed by atoms with Crippen LogP contribution in [0.3, 0.4) is 0 Å². The van der Waals surface area contributed by atoms with Crippen molar-refractivity contribution in [2.24, 2.45) is 0 Å². The number of nitrogens with one attached hydrogen (secondary N) is 1. The van der Waals surface area contributed by atoms with Crippen LogP contribution in [0.2, 0.25) is 0 Å². The first-order valence-electron chi connectivity index (χ1n) is 6.35. The molecule has 1 aliphatic heterocycles. The summed E-state index contributed by atoms with van der Waals surface area (Å²) in [4.78, 5) is 22.4. The van der Waals surface area contributed by atoms with E-state index in [1.54, 1.807) is 6.07 Å². The van der Waals surface area contributed by atoms with E-state index in [0.717, 1.165) is 19.4 Å². The van der Waals surface area contributed by atoms with Crippen LogP contribution in [0, 0.1) is 0 Å². The summed E-state index contributed by atoms with van der Waals surface area (Å²) >= 11 is 0. The monoisotopic (exact) mass is 267 g/mol. The molecule has 2 rings (SSSR count). The van der Waals surface area contributed by atoms with E-state index >= 15 is 0 Å². The molecule has 1 unspecified atom stereocenters. The molecule has 2 heterocycles. The molecular formula is C13H17NO5. The maximum absolute atomic E-state index is 11.6. The number of rotatable bonds is 6. The van der Waals surface area contributed by atoms with Gasteiger partial charge in [0.1, 0.15) is 0 Å². The Morgan fingerprint density at radius 1 is 1.47 bits per heavy atom. The van der Waals surface area contributed by atoms with Gasteiger partial charge in [-0.1, -0.05) is 0 Å². The fraction of sp³-hybridized carbons (Fsp3) is 0.538. The van der Waals surface area contributed by atoms with Crippen molar-refractivity contribution in [2.45, 2.75) is 38.3 Å². The maximum atomic E-state index is 11.6. The van der Waals surface area contributed by atoms with Crippen molar-refractivity contribution in [3.63, 3.8) is 0 Å². The lowest BCUT2D eigenvalue weighted by Crippen LogP contribution is -2.24. The van der Waals surface area contributed by atoms with Crippen molar-refractivity contribution in [1.82, 2.24) is 5.32 Å². The number of carboxylic acids is 1. The number of amides is 1. The van der Waals surface area contributed by atoms with Gasteiger partial charge in [-0.2, -0.15) is 0 Å². The molecule has 0 saturated carbocycles. The summed E-state index contributed by atoms with van der Waals surface area (Å²) < 4.78 is 10.3. The van der Waals surface area contributed by atoms with Crippen LogP contribution in [0.1, 0.15) is 41.8 Å². The highest BCUT2D eigenvalue weighted by Crippen LogP contribution is 2.16. The summed E-state index contributed by atoms with van der Waals surface area (Å²) in [6.07, 6.45) is 4.67. The first-order valence-corrected chi connectivity index (χ1v) is 6.35. The molecule has 6 heteroatoms. The average Bonchev–Trinajstić information content (AvgIpc) is 3.04. The van der Waals surface area contributed by atoms with Gasteiger partial charge in [0, 0.05) is 25.1 Å². The van der Waals surface area contributed by atoms with Crippen molar-refractivity contribution in [3.8, 4) is 0 Å². The molecule has 1 fully saturated rings. The van der Waals surface area contributed by atoms with E-state index in [1.165, 1.54) is 6.26 Å². The predicted molar refractivity (Wildman–Crippen MR) is 65.7 cm³/mol. The minimum absolute atomic E-state index is 0.104. The van der Waals surface area contributed by atoms with Gasteiger partial charge in [0.05, 0.1) is 12.4 Å². The van der Waals surface area contributed by atoms with Gasteiger partial charge in [-0.3, -0.25) is 4.79 Å². The van der Waals surface area contributed by atoms with E-state index < -0.39 is 5.97 Å². The minimum Gasteiger partial charge on any atom is -0.475 e. The second kappa shape index (κ2) is 6.38. The molecule has 1 amide bonds. The molecule has 2 N–H and O–H groups in total. The predicted octanol–water partition coefficient (Wildman–Crippen LogP) is 1.55. The Balaban J connectivity index is 1.73. The highest BCUT2D eigenvalue weighted by atomic mass is 16.5. The molecule has 6 nitrogen and oxygen atoms in total. The third kappa shape index (κ3) is 3.82. The normalized spacial score (nSPS) is 18.4. The number of carboxylic acid groups (broad SMARTS) is 1. The lowest BCUT2D eigenvalue weighted by Gasteiger charge is -2.09. The summed E-state index contributed by atoms with van der Waals surface area (Å²) in [6.45, 7) is 0.950. The zero-order chi connectivity index (χ0) is 13.7. The van der Waals surface area contributed by atoms with Crippen LogP contribution in [0.5, 0.6) is 0 Å². The summed E-state index contributed by atoms with van der Waals surface area (Å²) in [5, 5.41) is 11.5. The van der Waals surface area contributed by atoms with Crippen LogP contribution < -0.4 is 5.32 Å². The fourth-order valence-corrected chi connectivity index (χ4v) is 2.11. The van der Waals surface area contributed by atoms with E-state index in [9.17, 15) is 9.59 Å². The molecular weight excluding hydrogens is 250 g/mol. The molecule has 1 atom stereocenters. The molecule has 0 bridgehead atoms. The summed E-state index contributed by atoms with van der Waals surface area (Å²) in [5.41, 5.74) is 0.470. The van der Waals surface area contributed by atoms with Crippen LogP contribution in [-0.2, 0) is 16.1 Å². The molecule has 1 aromatic rings. The highest BCUT2D eigenvalue weighted by Gasteiger charge is 2.17. The average molecular weight is 267 g/mol. The van der Waals surface area contributed by atoms with Crippen LogP contribution in [0.4, 0.5) is 0 Å². The molecule has 0 spiro atoms. The number of carbonyl (C=O) groups is 2. The largest absolute Gasteiger partial charge is 0.475 e. The van der Waals surface area contributed by atoms with Gasteiger partial charge in [-0.15, -0.1) is 0 Å². The lowest BCUT2D eigenvalue weighted by molar-refractivity contribution is -0.121. The van der Waals surface area contributed by atoms with Crippen LogP contribution in [0.15, 0.2) is 16.7 Å². The van der Waals surface area contributed by atoms with E-state index in [2.05, 4.69) is 5.32 Å². The van der Waals surface area contributed by atoms with Crippen molar-refractivity contribution >= 4 is 11.9 Å².